The lowest BCUT2D eigenvalue weighted by molar-refractivity contribution is -0.147. The highest BCUT2D eigenvalue weighted by Crippen LogP contribution is 2.19. The average Bonchev–Trinajstić information content (AvgIpc) is 2.95. The first-order valence-corrected chi connectivity index (χ1v) is 7.44. The normalized spacial score (nSPS) is 11.3. The van der Waals surface area contributed by atoms with Gasteiger partial charge in [0.1, 0.15) is 5.82 Å². The van der Waals surface area contributed by atoms with Gasteiger partial charge in [0.05, 0.1) is 18.2 Å². The minimum Gasteiger partial charge on any atom is -0.481 e. The Morgan fingerprint density at radius 2 is 2.12 bits per heavy atom. The van der Waals surface area contributed by atoms with Gasteiger partial charge in [-0.25, -0.2) is 9.07 Å². The molecule has 0 spiro atoms. The van der Waals surface area contributed by atoms with Crippen LogP contribution in [0.1, 0.15) is 36.3 Å². The zero-order valence-electron chi connectivity index (χ0n) is 13.5. The van der Waals surface area contributed by atoms with Crippen LogP contribution in [0.15, 0.2) is 30.5 Å². The Hall–Kier alpha value is -2.77. The number of hydrogen-bond donors (Lipinski definition) is 2. The van der Waals surface area contributed by atoms with Crippen molar-refractivity contribution in [2.45, 2.75) is 26.8 Å². The van der Waals surface area contributed by atoms with Crippen molar-refractivity contribution in [3.8, 4) is 0 Å². The molecular formula is C16H19FN4O3. The fraction of sp³-hybridized carbons (Fsp3) is 0.375. The van der Waals surface area contributed by atoms with E-state index in [2.05, 4.69) is 15.6 Å². The predicted molar refractivity (Wildman–Crippen MR) is 83.9 cm³/mol. The molecule has 0 aliphatic carbocycles. The molecule has 0 aliphatic rings. The second-order valence-electron chi connectivity index (χ2n) is 6.13. The van der Waals surface area contributed by atoms with Crippen LogP contribution in [0.3, 0.4) is 0 Å². The summed E-state index contributed by atoms with van der Waals surface area (Å²) >= 11 is 0. The predicted octanol–water partition coefficient (Wildman–Crippen LogP) is 1.70. The number of carboxylic acid groups (broad SMARTS) is 1. The van der Waals surface area contributed by atoms with Gasteiger partial charge in [-0.3, -0.25) is 9.59 Å². The van der Waals surface area contributed by atoms with Crippen molar-refractivity contribution in [2.75, 3.05) is 6.54 Å². The van der Waals surface area contributed by atoms with E-state index in [1.807, 2.05) is 0 Å². The van der Waals surface area contributed by atoms with Gasteiger partial charge in [-0.2, -0.15) is 0 Å². The average molecular weight is 334 g/mol. The van der Waals surface area contributed by atoms with Crippen molar-refractivity contribution >= 4 is 11.9 Å². The number of aromatic nitrogens is 3. The molecule has 2 aromatic rings. The number of carbonyl (C=O) groups is 2. The third-order valence-corrected chi connectivity index (χ3v) is 3.62. The lowest BCUT2D eigenvalue weighted by Gasteiger charge is -2.18. The summed E-state index contributed by atoms with van der Waals surface area (Å²) in [6.45, 7) is 3.70. The van der Waals surface area contributed by atoms with E-state index in [-0.39, 0.29) is 18.1 Å². The number of amides is 1. The molecule has 0 saturated carbocycles. The van der Waals surface area contributed by atoms with Crippen LogP contribution < -0.4 is 5.32 Å². The lowest BCUT2D eigenvalue weighted by atomic mass is 9.90. The molecule has 2 rings (SSSR count). The maximum Gasteiger partial charge on any atom is 0.309 e. The third-order valence-electron chi connectivity index (χ3n) is 3.62. The van der Waals surface area contributed by atoms with Gasteiger partial charge in [-0.15, -0.1) is 5.10 Å². The molecule has 0 saturated heterocycles. The van der Waals surface area contributed by atoms with Gasteiger partial charge in [0.2, 0.25) is 0 Å². The highest BCUT2D eigenvalue weighted by atomic mass is 19.1. The van der Waals surface area contributed by atoms with E-state index in [0.29, 0.717) is 18.5 Å². The monoisotopic (exact) mass is 334 g/mol. The fourth-order valence-corrected chi connectivity index (χ4v) is 1.99. The number of benzene rings is 1. The van der Waals surface area contributed by atoms with Crippen molar-refractivity contribution in [2.24, 2.45) is 5.41 Å². The lowest BCUT2D eigenvalue weighted by Crippen LogP contribution is -2.32. The van der Waals surface area contributed by atoms with Crippen LogP contribution in [0.5, 0.6) is 0 Å². The van der Waals surface area contributed by atoms with E-state index < -0.39 is 17.3 Å². The standard InChI is InChI=1S/C16H19FN4O3/c1-16(2,15(23)24)6-7-18-14(22)13-10-21(20-19-13)9-11-4-3-5-12(17)8-11/h3-5,8,10H,6-7,9H2,1-2H3,(H,18,22)(H,23,24). The molecule has 24 heavy (non-hydrogen) atoms. The Labute approximate surface area is 138 Å². The maximum atomic E-state index is 13.1. The first kappa shape index (κ1) is 17.6. The molecule has 0 bridgehead atoms. The molecule has 1 heterocycles. The molecule has 1 aromatic heterocycles. The van der Waals surface area contributed by atoms with Crippen LogP contribution in [-0.4, -0.2) is 38.5 Å². The Bertz CT molecular complexity index is 742. The summed E-state index contributed by atoms with van der Waals surface area (Å²) in [6.07, 6.45) is 1.76. The van der Waals surface area contributed by atoms with Gasteiger partial charge in [0, 0.05) is 6.54 Å². The minimum absolute atomic E-state index is 0.125. The minimum atomic E-state index is -0.919. The first-order valence-electron chi connectivity index (χ1n) is 7.44. The van der Waals surface area contributed by atoms with Crippen LogP contribution in [0.4, 0.5) is 4.39 Å². The van der Waals surface area contributed by atoms with E-state index >= 15 is 0 Å². The Kier molecular flexibility index (Phi) is 5.28. The van der Waals surface area contributed by atoms with Crippen molar-refractivity contribution in [3.63, 3.8) is 0 Å². The number of rotatable bonds is 7. The van der Waals surface area contributed by atoms with Gasteiger partial charge >= 0.3 is 5.97 Å². The summed E-state index contributed by atoms with van der Waals surface area (Å²) in [5.41, 5.74) is -0.0861. The second kappa shape index (κ2) is 7.20. The van der Waals surface area contributed by atoms with Gasteiger partial charge in [-0.1, -0.05) is 17.3 Å². The zero-order chi connectivity index (χ0) is 17.7. The smallest absolute Gasteiger partial charge is 0.309 e. The number of nitrogens with zero attached hydrogens (tertiary/aromatic N) is 3. The first-order chi connectivity index (χ1) is 11.3. The van der Waals surface area contributed by atoms with Crippen LogP contribution in [0.25, 0.3) is 0 Å². The van der Waals surface area contributed by atoms with Crippen LogP contribution in [0, 0.1) is 11.2 Å². The quantitative estimate of drug-likeness (QED) is 0.803. The summed E-state index contributed by atoms with van der Waals surface area (Å²) in [7, 11) is 0. The molecule has 128 valence electrons. The Morgan fingerprint density at radius 3 is 2.79 bits per heavy atom. The highest BCUT2D eigenvalue weighted by molar-refractivity contribution is 5.91. The number of aliphatic carboxylic acids is 1. The molecule has 0 radical (unpaired) electrons. The van der Waals surface area contributed by atoms with Crippen molar-refractivity contribution < 1.29 is 19.1 Å². The van der Waals surface area contributed by atoms with E-state index in [4.69, 9.17) is 5.11 Å². The summed E-state index contributed by atoms with van der Waals surface area (Å²) in [4.78, 5) is 23.0. The largest absolute Gasteiger partial charge is 0.481 e. The van der Waals surface area contributed by atoms with E-state index in [9.17, 15) is 14.0 Å². The van der Waals surface area contributed by atoms with Crippen LogP contribution in [0.2, 0.25) is 0 Å². The third kappa shape index (κ3) is 4.61. The number of carboxylic acids is 1. The van der Waals surface area contributed by atoms with Gasteiger partial charge in [0.15, 0.2) is 5.69 Å². The maximum absolute atomic E-state index is 13.1. The topological polar surface area (TPSA) is 97.1 Å². The zero-order valence-corrected chi connectivity index (χ0v) is 13.5. The van der Waals surface area contributed by atoms with Gasteiger partial charge in [-0.05, 0) is 38.0 Å². The van der Waals surface area contributed by atoms with E-state index in [0.717, 1.165) is 0 Å². The van der Waals surface area contributed by atoms with Crippen LogP contribution in [-0.2, 0) is 11.3 Å². The van der Waals surface area contributed by atoms with Gasteiger partial charge < -0.3 is 10.4 Å². The van der Waals surface area contributed by atoms with Crippen molar-refractivity contribution in [3.05, 3.63) is 47.5 Å². The second-order valence-corrected chi connectivity index (χ2v) is 6.13. The summed E-state index contributed by atoms with van der Waals surface area (Å²) in [6, 6.07) is 6.08. The molecule has 7 nitrogen and oxygen atoms in total. The molecule has 1 aromatic carbocycles. The molecule has 0 atom stereocenters. The molecule has 0 unspecified atom stereocenters. The molecule has 2 N–H and O–H groups in total. The van der Waals surface area contributed by atoms with Gasteiger partial charge in [0.25, 0.3) is 5.91 Å². The number of nitrogens with one attached hydrogen (secondary N) is 1. The molecule has 0 aliphatic heterocycles. The molecule has 8 heteroatoms. The Morgan fingerprint density at radius 1 is 1.38 bits per heavy atom. The SMILES string of the molecule is CC(C)(CCNC(=O)c1cn(Cc2cccc(F)c2)nn1)C(=O)O. The fourth-order valence-electron chi connectivity index (χ4n) is 1.99. The number of carbonyl (C=O) groups excluding carboxylic acids is 1. The van der Waals surface area contributed by atoms with E-state index in [1.54, 1.807) is 26.0 Å². The summed E-state index contributed by atoms with van der Waals surface area (Å²) < 4.78 is 14.6. The van der Waals surface area contributed by atoms with Crippen molar-refractivity contribution in [1.29, 1.82) is 0 Å². The Balaban J connectivity index is 1.90. The van der Waals surface area contributed by atoms with Crippen molar-refractivity contribution in [1.82, 2.24) is 20.3 Å². The van der Waals surface area contributed by atoms with E-state index in [1.165, 1.54) is 23.0 Å². The highest BCUT2D eigenvalue weighted by Gasteiger charge is 2.26. The number of hydrogen-bond acceptors (Lipinski definition) is 4. The molecule has 1 amide bonds. The number of halogens is 1. The summed E-state index contributed by atoms with van der Waals surface area (Å²) in [5.74, 6) is -1.69. The van der Waals surface area contributed by atoms with Crippen LogP contribution >= 0.6 is 0 Å². The molecular weight excluding hydrogens is 315 g/mol. The molecule has 0 fully saturated rings. The summed E-state index contributed by atoms with van der Waals surface area (Å²) in [5, 5.41) is 19.3.